The Bertz CT molecular complexity index is 404. The highest BCUT2D eigenvalue weighted by molar-refractivity contribution is 7.13. The summed E-state index contributed by atoms with van der Waals surface area (Å²) < 4.78 is 0. The Kier molecular flexibility index (Phi) is 5.08. The van der Waals surface area contributed by atoms with E-state index in [1.54, 1.807) is 5.38 Å². The molecule has 0 bridgehead atoms. The molecular formula is C9H12N4O3S. The first-order valence-corrected chi connectivity index (χ1v) is 5.70. The lowest BCUT2D eigenvalue weighted by Crippen LogP contribution is -2.39. The molecule has 0 atom stereocenters. The van der Waals surface area contributed by atoms with Crippen molar-refractivity contribution in [3.8, 4) is 0 Å². The van der Waals surface area contributed by atoms with Gasteiger partial charge in [0.15, 0.2) is 5.13 Å². The quantitative estimate of drug-likeness (QED) is 0.491. The van der Waals surface area contributed by atoms with E-state index in [0.717, 1.165) is 0 Å². The summed E-state index contributed by atoms with van der Waals surface area (Å²) in [6.45, 7) is 1.85. The van der Waals surface area contributed by atoms with Crippen molar-refractivity contribution >= 4 is 34.2 Å². The minimum absolute atomic E-state index is 0.188. The second kappa shape index (κ2) is 6.59. The Balaban J connectivity index is 2.23. The van der Waals surface area contributed by atoms with Crippen LogP contribution < -0.4 is 16.0 Å². The number of nitrogens with one attached hydrogen (secondary N) is 3. The molecule has 17 heavy (non-hydrogen) atoms. The van der Waals surface area contributed by atoms with E-state index in [2.05, 4.69) is 20.9 Å². The van der Waals surface area contributed by atoms with E-state index < -0.39 is 11.8 Å². The van der Waals surface area contributed by atoms with Crippen LogP contribution >= 0.6 is 11.3 Å². The lowest BCUT2D eigenvalue weighted by molar-refractivity contribution is -0.136. The Hall–Kier alpha value is -1.96. The summed E-state index contributed by atoms with van der Waals surface area (Å²) in [4.78, 5) is 36.9. The predicted molar refractivity (Wildman–Crippen MR) is 62.4 cm³/mol. The molecule has 92 valence electrons. The van der Waals surface area contributed by atoms with Gasteiger partial charge in [0.05, 0.1) is 0 Å². The van der Waals surface area contributed by atoms with E-state index in [-0.39, 0.29) is 19.0 Å². The molecule has 1 rings (SSSR count). The van der Waals surface area contributed by atoms with Crippen LogP contribution in [0.5, 0.6) is 0 Å². The summed E-state index contributed by atoms with van der Waals surface area (Å²) in [5, 5.41) is 9.24. The summed E-state index contributed by atoms with van der Waals surface area (Å²) in [5.74, 6) is -1.72. The van der Waals surface area contributed by atoms with Gasteiger partial charge in [0.1, 0.15) is 0 Å². The van der Waals surface area contributed by atoms with Crippen LogP contribution in [0.15, 0.2) is 11.6 Å². The zero-order chi connectivity index (χ0) is 12.7. The first-order chi connectivity index (χ1) is 8.09. The van der Waals surface area contributed by atoms with Crippen LogP contribution in [-0.2, 0) is 14.4 Å². The van der Waals surface area contributed by atoms with Gasteiger partial charge in [0, 0.05) is 31.6 Å². The molecule has 0 radical (unpaired) electrons. The van der Waals surface area contributed by atoms with Crippen LogP contribution in [0.2, 0.25) is 0 Å². The van der Waals surface area contributed by atoms with Crippen LogP contribution in [0.1, 0.15) is 6.92 Å². The Morgan fingerprint density at radius 1 is 1.24 bits per heavy atom. The van der Waals surface area contributed by atoms with Gasteiger partial charge in [0.25, 0.3) is 0 Å². The summed E-state index contributed by atoms with van der Waals surface area (Å²) in [6, 6.07) is 0. The third-order valence-electron chi connectivity index (χ3n) is 1.64. The van der Waals surface area contributed by atoms with Crippen molar-refractivity contribution in [1.29, 1.82) is 0 Å². The Morgan fingerprint density at radius 2 is 1.94 bits per heavy atom. The first kappa shape index (κ1) is 13.1. The largest absolute Gasteiger partial charge is 0.355 e. The molecule has 8 heteroatoms. The van der Waals surface area contributed by atoms with Crippen molar-refractivity contribution < 1.29 is 14.4 Å². The Labute approximate surface area is 102 Å². The number of hydrogen-bond donors (Lipinski definition) is 3. The molecule has 0 saturated carbocycles. The van der Waals surface area contributed by atoms with E-state index in [4.69, 9.17) is 0 Å². The molecule has 0 aliphatic rings. The molecule has 1 aromatic rings. The molecule has 0 saturated heterocycles. The molecule has 0 fully saturated rings. The number of nitrogens with zero attached hydrogens (tertiary/aromatic N) is 1. The zero-order valence-corrected chi connectivity index (χ0v) is 9.97. The average molecular weight is 256 g/mol. The molecule has 3 N–H and O–H groups in total. The molecule has 7 nitrogen and oxygen atoms in total. The maximum absolute atomic E-state index is 11.3. The number of anilines is 1. The Morgan fingerprint density at radius 3 is 2.53 bits per heavy atom. The van der Waals surface area contributed by atoms with Crippen LogP contribution in [0.25, 0.3) is 0 Å². The molecule has 0 unspecified atom stereocenters. The van der Waals surface area contributed by atoms with Crippen LogP contribution in [-0.4, -0.2) is 35.8 Å². The molecule has 0 spiro atoms. The van der Waals surface area contributed by atoms with E-state index in [9.17, 15) is 14.4 Å². The van der Waals surface area contributed by atoms with Gasteiger partial charge in [-0.1, -0.05) is 0 Å². The fraction of sp³-hybridized carbons (Fsp3) is 0.333. The van der Waals surface area contributed by atoms with E-state index in [1.165, 1.54) is 24.5 Å². The van der Waals surface area contributed by atoms with Gasteiger partial charge in [-0.3, -0.25) is 19.7 Å². The van der Waals surface area contributed by atoms with Gasteiger partial charge in [-0.25, -0.2) is 4.98 Å². The third kappa shape index (κ3) is 5.07. The van der Waals surface area contributed by atoms with Crippen molar-refractivity contribution in [3.05, 3.63) is 11.6 Å². The highest BCUT2D eigenvalue weighted by atomic mass is 32.1. The summed E-state index contributed by atoms with van der Waals surface area (Å²) in [5.41, 5.74) is 0. The smallest absolute Gasteiger partial charge is 0.315 e. The summed E-state index contributed by atoms with van der Waals surface area (Å²) in [6.07, 6.45) is 1.52. The zero-order valence-electron chi connectivity index (χ0n) is 9.15. The fourth-order valence-corrected chi connectivity index (χ4v) is 1.46. The molecule has 1 aromatic heterocycles. The van der Waals surface area contributed by atoms with Crippen molar-refractivity contribution in [2.75, 3.05) is 18.4 Å². The summed E-state index contributed by atoms with van der Waals surface area (Å²) >= 11 is 1.22. The fourth-order valence-electron chi connectivity index (χ4n) is 0.934. The van der Waals surface area contributed by atoms with Crippen LogP contribution in [0.3, 0.4) is 0 Å². The molecule has 0 aliphatic carbocycles. The number of hydrogen-bond acceptors (Lipinski definition) is 5. The number of rotatable bonds is 4. The van der Waals surface area contributed by atoms with E-state index in [0.29, 0.717) is 5.13 Å². The van der Waals surface area contributed by atoms with E-state index >= 15 is 0 Å². The van der Waals surface area contributed by atoms with Gasteiger partial charge in [-0.15, -0.1) is 11.3 Å². The molecule has 1 heterocycles. The van der Waals surface area contributed by atoms with Gasteiger partial charge in [0.2, 0.25) is 5.91 Å². The molecule has 3 amide bonds. The third-order valence-corrected chi connectivity index (χ3v) is 2.33. The average Bonchev–Trinajstić information content (AvgIpc) is 2.76. The number of carbonyl (C=O) groups is 3. The van der Waals surface area contributed by atoms with Crippen LogP contribution in [0.4, 0.5) is 5.13 Å². The second-order valence-electron chi connectivity index (χ2n) is 3.03. The van der Waals surface area contributed by atoms with E-state index in [1.807, 2.05) is 0 Å². The number of thiazole rings is 1. The molecule has 0 aromatic carbocycles. The van der Waals surface area contributed by atoms with Gasteiger partial charge < -0.3 is 10.6 Å². The number of carbonyl (C=O) groups excluding carboxylic acids is 3. The topological polar surface area (TPSA) is 100 Å². The number of aromatic nitrogens is 1. The SMILES string of the molecule is CC(=O)NCCNC(=O)C(=O)Nc1nccs1. The van der Waals surface area contributed by atoms with Crippen molar-refractivity contribution in [2.24, 2.45) is 0 Å². The van der Waals surface area contributed by atoms with Crippen molar-refractivity contribution in [3.63, 3.8) is 0 Å². The monoisotopic (exact) mass is 256 g/mol. The second-order valence-corrected chi connectivity index (χ2v) is 3.92. The maximum atomic E-state index is 11.3. The maximum Gasteiger partial charge on any atom is 0.315 e. The minimum Gasteiger partial charge on any atom is -0.355 e. The van der Waals surface area contributed by atoms with Gasteiger partial charge >= 0.3 is 11.8 Å². The molecule has 0 aliphatic heterocycles. The standard InChI is InChI=1S/C9H12N4O3S/c1-6(14)10-2-3-11-7(15)8(16)13-9-12-4-5-17-9/h4-5H,2-3H2,1H3,(H,10,14)(H,11,15)(H,12,13,16). The highest BCUT2D eigenvalue weighted by Gasteiger charge is 2.13. The van der Waals surface area contributed by atoms with Gasteiger partial charge in [-0.2, -0.15) is 0 Å². The minimum atomic E-state index is -0.775. The van der Waals surface area contributed by atoms with Crippen LogP contribution in [0, 0.1) is 0 Å². The highest BCUT2D eigenvalue weighted by Crippen LogP contribution is 2.09. The predicted octanol–water partition coefficient (Wildman–Crippen LogP) is -0.666. The van der Waals surface area contributed by atoms with Gasteiger partial charge in [-0.05, 0) is 0 Å². The lowest BCUT2D eigenvalue weighted by atomic mass is 10.5. The first-order valence-electron chi connectivity index (χ1n) is 4.82. The molecular weight excluding hydrogens is 244 g/mol. The van der Waals surface area contributed by atoms with Crippen molar-refractivity contribution in [2.45, 2.75) is 6.92 Å². The number of amides is 3. The normalized spacial score (nSPS) is 9.47. The van der Waals surface area contributed by atoms with Crippen molar-refractivity contribution in [1.82, 2.24) is 15.6 Å². The lowest BCUT2D eigenvalue weighted by Gasteiger charge is -2.04. The summed E-state index contributed by atoms with van der Waals surface area (Å²) in [7, 11) is 0.